The predicted molar refractivity (Wildman–Crippen MR) is 74.5 cm³/mol. The van der Waals surface area contributed by atoms with Gasteiger partial charge in [0.25, 0.3) is 17.9 Å². The molecule has 0 unspecified atom stereocenters. The highest BCUT2D eigenvalue weighted by atomic mass is 16.8. The molecule has 0 amide bonds. The van der Waals surface area contributed by atoms with Crippen molar-refractivity contribution in [1.82, 2.24) is 4.90 Å². The molecule has 116 valence electrons. The van der Waals surface area contributed by atoms with Gasteiger partial charge in [-0.15, -0.1) is 0 Å². The summed E-state index contributed by atoms with van der Waals surface area (Å²) in [7, 11) is -1.59. The SMILES string of the molecule is CC(=O)OB(OC(C)=O)OC(C)=O.CCN(CC)CC. The third-order valence-corrected chi connectivity index (χ3v) is 2.13. The van der Waals surface area contributed by atoms with Gasteiger partial charge in [0.05, 0.1) is 0 Å². The van der Waals surface area contributed by atoms with E-state index in [-0.39, 0.29) is 0 Å². The zero-order chi connectivity index (χ0) is 16.1. The number of rotatable bonds is 6. The second-order valence-corrected chi connectivity index (χ2v) is 3.74. The lowest BCUT2D eigenvalue weighted by molar-refractivity contribution is -0.144. The van der Waals surface area contributed by atoms with E-state index in [1.54, 1.807) is 0 Å². The molecule has 0 bridgehead atoms. The highest BCUT2D eigenvalue weighted by Gasteiger charge is 2.33. The van der Waals surface area contributed by atoms with Gasteiger partial charge in [0.15, 0.2) is 0 Å². The molecule has 0 spiro atoms. The fraction of sp³-hybridized carbons (Fsp3) is 0.750. The highest BCUT2D eigenvalue weighted by molar-refractivity contribution is 6.43. The van der Waals surface area contributed by atoms with Crippen molar-refractivity contribution >= 4 is 25.2 Å². The first-order chi connectivity index (χ1) is 9.26. The van der Waals surface area contributed by atoms with Crippen LogP contribution in [0, 0.1) is 0 Å². The van der Waals surface area contributed by atoms with Gasteiger partial charge in [-0.2, -0.15) is 0 Å². The second kappa shape index (κ2) is 12.5. The Morgan fingerprint density at radius 3 is 1.10 bits per heavy atom. The Balaban J connectivity index is 0. The zero-order valence-electron chi connectivity index (χ0n) is 13.1. The van der Waals surface area contributed by atoms with Crippen LogP contribution in [0.3, 0.4) is 0 Å². The average molecular weight is 289 g/mol. The van der Waals surface area contributed by atoms with E-state index in [1.807, 2.05) is 0 Å². The topological polar surface area (TPSA) is 82.1 Å². The minimum atomic E-state index is -1.59. The van der Waals surface area contributed by atoms with Crippen LogP contribution in [0.25, 0.3) is 0 Å². The Kier molecular flexibility index (Phi) is 12.9. The summed E-state index contributed by atoms with van der Waals surface area (Å²) in [5.41, 5.74) is 0. The molecule has 20 heavy (non-hydrogen) atoms. The van der Waals surface area contributed by atoms with Gasteiger partial charge >= 0.3 is 7.32 Å². The Hall–Kier alpha value is -1.57. The molecule has 0 aliphatic rings. The van der Waals surface area contributed by atoms with Gasteiger partial charge in [-0.25, -0.2) is 0 Å². The van der Waals surface area contributed by atoms with Gasteiger partial charge in [-0.1, -0.05) is 20.8 Å². The van der Waals surface area contributed by atoms with Gasteiger partial charge in [0.1, 0.15) is 0 Å². The van der Waals surface area contributed by atoms with Crippen molar-refractivity contribution < 1.29 is 28.3 Å². The molecule has 0 aliphatic heterocycles. The molecule has 0 rings (SSSR count). The van der Waals surface area contributed by atoms with Gasteiger partial charge in [-0.3, -0.25) is 14.4 Å². The maximum atomic E-state index is 10.4. The lowest BCUT2D eigenvalue weighted by Gasteiger charge is -2.13. The molecule has 0 radical (unpaired) electrons. The third kappa shape index (κ3) is 14.5. The number of hydrogen-bond donors (Lipinski definition) is 0. The Morgan fingerprint density at radius 2 is 1.00 bits per heavy atom. The molecule has 0 aliphatic carbocycles. The summed E-state index contributed by atoms with van der Waals surface area (Å²) in [5.74, 6) is -2.15. The minimum Gasteiger partial charge on any atom is -0.462 e. The van der Waals surface area contributed by atoms with Crippen molar-refractivity contribution in [1.29, 1.82) is 0 Å². The van der Waals surface area contributed by atoms with Gasteiger partial charge in [0.2, 0.25) is 0 Å². The molecular formula is C12H24BNO6. The first kappa shape index (κ1) is 20.7. The summed E-state index contributed by atoms with van der Waals surface area (Å²) in [4.78, 5) is 33.6. The average Bonchev–Trinajstić information content (AvgIpc) is 2.29. The van der Waals surface area contributed by atoms with E-state index in [4.69, 9.17) is 0 Å². The molecule has 0 aromatic heterocycles. The van der Waals surface area contributed by atoms with Crippen LogP contribution in [-0.2, 0) is 28.3 Å². The van der Waals surface area contributed by atoms with Crippen molar-refractivity contribution in [3.63, 3.8) is 0 Å². The molecule has 0 aromatic carbocycles. The number of nitrogens with zero attached hydrogens (tertiary/aromatic N) is 1. The van der Waals surface area contributed by atoms with Gasteiger partial charge < -0.3 is 18.9 Å². The Labute approximate surface area is 120 Å². The van der Waals surface area contributed by atoms with E-state index in [9.17, 15) is 14.4 Å². The van der Waals surface area contributed by atoms with Crippen molar-refractivity contribution in [2.24, 2.45) is 0 Å². The number of carbonyl (C=O) groups is 3. The molecule has 7 nitrogen and oxygen atoms in total. The summed E-state index contributed by atoms with van der Waals surface area (Å²) in [6, 6.07) is 0. The van der Waals surface area contributed by atoms with Crippen LogP contribution in [0.15, 0.2) is 0 Å². The summed E-state index contributed by atoms with van der Waals surface area (Å²) in [5, 5.41) is 0. The second-order valence-electron chi connectivity index (χ2n) is 3.74. The van der Waals surface area contributed by atoms with E-state index in [0.717, 1.165) is 20.8 Å². The van der Waals surface area contributed by atoms with Gasteiger partial charge in [-0.05, 0) is 19.6 Å². The van der Waals surface area contributed by atoms with Crippen molar-refractivity contribution in [3.05, 3.63) is 0 Å². The quantitative estimate of drug-likeness (QED) is 0.675. The fourth-order valence-corrected chi connectivity index (χ4v) is 1.15. The first-order valence-corrected chi connectivity index (χ1v) is 6.50. The monoisotopic (exact) mass is 289 g/mol. The molecule has 0 heterocycles. The lowest BCUT2D eigenvalue weighted by Crippen LogP contribution is -2.32. The highest BCUT2D eigenvalue weighted by Crippen LogP contribution is 1.94. The van der Waals surface area contributed by atoms with E-state index in [2.05, 4.69) is 39.6 Å². The van der Waals surface area contributed by atoms with Crippen LogP contribution < -0.4 is 0 Å². The summed E-state index contributed by atoms with van der Waals surface area (Å²) in [6.45, 7) is 13.4. The van der Waals surface area contributed by atoms with Crippen molar-refractivity contribution in [3.8, 4) is 0 Å². The maximum Gasteiger partial charge on any atom is 0.870 e. The third-order valence-electron chi connectivity index (χ3n) is 2.13. The number of carbonyl (C=O) groups excluding carboxylic acids is 3. The predicted octanol–water partition coefficient (Wildman–Crippen LogP) is 1.01. The zero-order valence-corrected chi connectivity index (χ0v) is 13.1. The van der Waals surface area contributed by atoms with Crippen LogP contribution in [0.2, 0.25) is 0 Å². The molecule has 0 fully saturated rings. The molecule has 0 saturated carbocycles. The molecule has 0 saturated heterocycles. The van der Waals surface area contributed by atoms with Crippen molar-refractivity contribution in [2.75, 3.05) is 19.6 Å². The van der Waals surface area contributed by atoms with Crippen LogP contribution in [-0.4, -0.2) is 49.8 Å². The normalized spacial score (nSPS) is 9.15. The standard InChI is InChI=1S/C6H9BO6.C6H15N/c1-4(8)11-7(12-5(2)9)13-6(3)10;1-4-7(5-2)6-3/h1-3H3;4-6H2,1-3H3. The molecule has 0 aromatic rings. The van der Waals surface area contributed by atoms with Crippen molar-refractivity contribution in [2.45, 2.75) is 41.5 Å². The van der Waals surface area contributed by atoms with E-state index in [1.165, 1.54) is 19.6 Å². The summed E-state index contributed by atoms with van der Waals surface area (Å²) < 4.78 is 13.0. The van der Waals surface area contributed by atoms with E-state index in [0.29, 0.717) is 0 Å². The molecular weight excluding hydrogens is 265 g/mol. The minimum absolute atomic E-state index is 0.715. The largest absolute Gasteiger partial charge is 0.870 e. The number of hydrogen-bond acceptors (Lipinski definition) is 7. The van der Waals surface area contributed by atoms with Gasteiger partial charge in [0, 0.05) is 20.8 Å². The summed E-state index contributed by atoms with van der Waals surface area (Å²) >= 11 is 0. The summed E-state index contributed by atoms with van der Waals surface area (Å²) in [6.07, 6.45) is 0. The first-order valence-electron chi connectivity index (χ1n) is 6.50. The van der Waals surface area contributed by atoms with Crippen LogP contribution in [0.4, 0.5) is 0 Å². The van der Waals surface area contributed by atoms with Crippen LogP contribution in [0.1, 0.15) is 41.5 Å². The Bertz CT molecular complexity index is 263. The van der Waals surface area contributed by atoms with Crippen LogP contribution in [0.5, 0.6) is 0 Å². The lowest BCUT2D eigenvalue weighted by atomic mass is 10.2. The smallest absolute Gasteiger partial charge is 0.462 e. The molecule has 0 N–H and O–H groups in total. The molecule has 8 heteroatoms. The van der Waals surface area contributed by atoms with E-state index >= 15 is 0 Å². The fourth-order valence-electron chi connectivity index (χ4n) is 1.15. The van der Waals surface area contributed by atoms with E-state index < -0.39 is 25.2 Å². The maximum absolute atomic E-state index is 10.4. The molecule has 0 atom stereocenters. The van der Waals surface area contributed by atoms with Crippen LogP contribution >= 0.6 is 0 Å². The Morgan fingerprint density at radius 1 is 0.750 bits per heavy atom.